The molecule has 1 N–H and O–H groups in total. The minimum Gasteiger partial charge on any atom is -0.481 e. The van der Waals surface area contributed by atoms with E-state index in [9.17, 15) is 0 Å². The monoisotopic (exact) mass is 239 g/mol. The van der Waals surface area contributed by atoms with Gasteiger partial charge in [-0.15, -0.1) is 0 Å². The number of aromatic nitrogens is 2. The van der Waals surface area contributed by atoms with Gasteiger partial charge in [-0.1, -0.05) is 0 Å². The first kappa shape index (κ1) is 11.5. The Kier molecular flexibility index (Phi) is 3.88. The third-order valence-corrected chi connectivity index (χ3v) is 3.84. The minimum absolute atomic E-state index is 0.541. The fraction of sp³-hybridized carbons (Fsp3) is 0.636. The Bertz CT molecular complexity index is 353. The van der Waals surface area contributed by atoms with Crippen molar-refractivity contribution in [2.75, 3.05) is 23.9 Å². The summed E-state index contributed by atoms with van der Waals surface area (Å²) in [6.45, 7) is 1.98. The third kappa shape index (κ3) is 2.58. The number of ether oxygens (including phenoxy) is 1. The Morgan fingerprint density at radius 3 is 2.81 bits per heavy atom. The van der Waals surface area contributed by atoms with Crippen molar-refractivity contribution in [3.63, 3.8) is 0 Å². The van der Waals surface area contributed by atoms with E-state index in [0.717, 1.165) is 11.4 Å². The van der Waals surface area contributed by atoms with Crippen molar-refractivity contribution in [2.45, 2.75) is 25.8 Å². The number of nitrogens with zero attached hydrogens (tertiary/aromatic N) is 2. The summed E-state index contributed by atoms with van der Waals surface area (Å²) in [6, 6.07) is 0.541. The molecular formula is C11H17N3OS. The average molecular weight is 239 g/mol. The minimum atomic E-state index is 0.541. The maximum absolute atomic E-state index is 5.18. The zero-order valence-corrected chi connectivity index (χ0v) is 10.5. The number of methoxy groups -OCH3 is 1. The molecule has 0 unspecified atom stereocenters. The summed E-state index contributed by atoms with van der Waals surface area (Å²) < 4.78 is 5.18. The van der Waals surface area contributed by atoms with Gasteiger partial charge in [-0.05, 0) is 31.3 Å². The van der Waals surface area contributed by atoms with E-state index in [4.69, 9.17) is 4.74 Å². The molecule has 1 fully saturated rings. The van der Waals surface area contributed by atoms with Crippen LogP contribution in [0.15, 0.2) is 6.33 Å². The highest BCUT2D eigenvalue weighted by Crippen LogP contribution is 2.24. The van der Waals surface area contributed by atoms with E-state index < -0.39 is 0 Å². The third-order valence-electron chi connectivity index (χ3n) is 2.79. The van der Waals surface area contributed by atoms with Crippen molar-refractivity contribution in [3.8, 4) is 5.88 Å². The van der Waals surface area contributed by atoms with Gasteiger partial charge in [0.15, 0.2) is 0 Å². The van der Waals surface area contributed by atoms with Crippen molar-refractivity contribution >= 4 is 17.6 Å². The molecule has 0 atom stereocenters. The normalized spacial score (nSPS) is 17.1. The molecule has 5 heteroatoms. The highest BCUT2D eigenvalue weighted by Gasteiger charge is 2.16. The van der Waals surface area contributed by atoms with Gasteiger partial charge in [0.05, 0.1) is 12.7 Å². The Balaban J connectivity index is 2.08. The molecule has 88 valence electrons. The smallest absolute Gasteiger partial charge is 0.221 e. The van der Waals surface area contributed by atoms with Gasteiger partial charge < -0.3 is 10.1 Å². The molecule has 0 amide bonds. The topological polar surface area (TPSA) is 47.0 Å². The van der Waals surface area contributed by atoms with Crippen LogP contribution in [0, 0.1) is 6.92 Å². The maximum Gasteiger partial charge on any atom is 0.221 e. The lowest BCUT2D eigenvalue weighted by molar-refractivity contribution is 0.393. The number of thioether (sulfide) groups is 1. The predicted octanol–water partition coefficient (Wildman–Crippen LogP) is 2.10. The molecule has 0 aromatic carbocycles. The largest absolute Gasteiger partial charge is 0.481 e. The highest BCUT2D eigenvalue weighted by molar-refractivity contribution is 7.99. The molecule has 1 aliphatic rings. The molecular weight excluding hydrogens is 222 g/mol. The van der Waals surface area contributed by atoms with Crippen LogP contribution in [0.4, 0.5) is 5.82 Å². The molecule has 0 radical (unpaired) electrons. The second-order valence-electron chi connectivity index (χ2n) is 3.89. The van der Waals surface area contributed by atoms with E-state index in [2.05, 4.69) is 15.3 Å². The van der Waals surface area contributed by atoms with Gasteiger partial charge in [0.1, 0.15) is 12.1 Å². The lowest BCUT2D eigenvalue weighted by Gasteiger charge is -2.23. The van der Waals surface area contributed by atoms with Crippen LogP contribution >= 0.6 is 11.8 Å². The van der Waals surface area contributed by atoms with E-state index in [0.29, 0.717) is 11.9 Å². The van der Waals surface area contributed by atoms with Crippen molar-refractivity contribution in [1.82, 2.24) is 9.97 Å². The fourth-order valence-corrected chi connectivity index (χ4v) is 2.93. The van der Waals surface area contributed by atoms with Gasteiger partial charge in [0, 0.05) is 6.04 Å². The van der Waals surface area contributed by atoms with Crippen LogP contribution in [0.2, 0.25) is 0 Å². The van der Waals surface area contributed by atoms with Crippen molar-refractivity contribution in [1.29, 1.82) is 0 Å². The first-order valence-electron chi connectivity index (χ1n) is 5.51. The second kappa shape index (κ2) is 5.39. The molecule has 2 heterocycles. The Morgan fingerprint density at radius 1 is 1.38 bits per heavy atom. The SMILES string of the molecule is COc1ncnc(NC2CCSCC2)c1C. The van der Waals surface area contributed by atoms with Crippen LogP contribution < -0.4 is 10.1 Å². The van der Waals surface area contributed by atoms with Crippen LogP contribution in [-0.4, -0.2) is 34.6 Å². The summed E-state index contributed by atoms with van der Waals surface area (Å²) in [5.74, 6) is 4.03. The highest BCUT2D eigenvalue weighted by atomic mass is 32.2. The number of hydrogen-bond donors (Lipinski definition) is 1. The predicted molar refractivity (Wildman–Crippen MR) is 67.3 cm³/mol. The van der Waals surface area contributed by atoms with Crippen molar-refractivity contribution in [3.05, 3.63) is 11.9 Å². The summed E-state index contributed by atoms with van der Waals surface area (Å²) in [5.41, 5.74) is 0.989. The van der Waals surface area contributed by atoms with Gasteiger partial charge in [0.25, 0.3) is 0 Å². The van der Waals surface area contributed by atoms with Gasteiger partial charge in [-0.3, -0.25) is 0 Å². The number of nitrogens with one attached hydrogen (secondary N) is 1. The maximum atomic E-state index is 5.18. The zero-order chi connectivity index (χ0) is 11.4. The van der Waals surface area contributed by atoms with Crippen LogP contribution in [0.3, 0.4) is 0 Å². The van der Waals surface area contributed by atoms with Gasteiger partial charge in [-0.2, -0.15) is 11.8 Å². The lowest BCUT2D eigenvalue weighted by atomic mass is 10.1. The molecule has 1 saturated heterocycles. The molecule has 1 aliphatic heterocycles. The number of hydrogen-bond acceptors (Lipinski definition) is 5. The molecule has 1 aromatic rings. The molecule has 1 aromatic heterocycles. The van der Waals surface area contributed by atoms with Crippen LogP contribution in [0.5, 0.6) is 5.88 Å². The van der Waals surface area contributed by atoms with E-state index in [1.165, 1.54) is 24.3 Å². The molecule has 4 nitrogen and oxygen atoms in total. The molecule has 0 aliphatic carbocycles. The number of rotatable bonds is 3. The standard InChI is InChI=1S/C11H17N3OS/c1-8-10(12-7-13-11(8)15-2)14-9-3-5-16-6-4-9/h7,9H,3-6H2,1-2H3,(H,12,13,14). The van der Waals surface area contributed by atoms with Crippen molar-refractivity contribution in [2.24, 2.45) is 0 Å². The first-order valence-corrected chi connectivity index (χ1v) is 6.66. The Labute approximate surface area is 100 Å². The summed E-state index contributed by atoms with van der Waals surface area (Å²) in [7, 11) is 1.64. The van der Waals surface area contributed by atoms with E-state index in [1.807, 2.05) is 18.7 Å². The van der Waals surface area contributed by atoms with Crippen molar-refractivity contribution < 1.29 is 4.74 Å². The first-order chi connectivity index (χ1) is 7.81. The molecule has 2 rings (SSSR count). The van der Waals surface area contributed by atoms with E-state index in [1.54, 1.807) is 13.4 Å². The van der Waals surface area contributed by atoms with Gasteiger partial charge in [-0.25, -0.2) is 9.97 Å². The second-order valence-corrected chi connectivity index (χ2v) is 5.11. The summed E-state index contributed by atoms with van der Waals surface area (Å²) in [6.07, 6.45) is 3.96. The van der Waals surface area contributed by atoms with Gasteiger partial charge >= 0.3 is 0 Å². The fourth-order valence-electron chi connectivity index (χ4n) is 1.82. The molecule has 0 saturated carbocycles. The lowest BCUT2D eigenvalue weighted by Crippen LogP contribution is -2.25. The summed E-state index contributed by atoms with van der Waals surface area (Å²) >= 11 is 2.02. The average Bonchev–Trinajstić information content (AvgIpc) is 2.33. The Hall–Kier alpha value is -0.970. The van der Waals surface area contributed by atoms with Crippen LogP contribution in [0.1, 0.15) is 18.4 Å². The molecule has 16 heavy (non-hydrogen) atoms. The zero-order valence-electron chi connectivity index (χ0n) is 9.69. The van der Waals surface area contributed by atoms with E-state index in [-0.39, 0.29) is 0 Å². The molecule has 0 bridgehead atoms. The molecule has 0 spiro atoms. The van der Waals surface area contributed by atoms with Crippen LogP contribution in [-0.2, 0) is 0 Å². The summed E-state index contributed by atoms with van der Waals surface area (Å²) in [4.78, 5) is 8.35. The quantitative estimate of drug-likeness (QED) is 0.875. The van der Waals surface area contributed by atoms with Crippen LogP contribution in [0.25, 0.3) is 0 Å². The number of anilines is 1. The van der Waals surface area contributed by atoms with Gasteiger partial charge in [0.2, 0.25) is 5.88 Å². The Morgan fingerprint density at radius 2 is 2.12 bits per heavy atom. The van der Waals surface area contributed by atoms with E-state index >= 15 is 0 Å². The summed E-state index contributed by atoms with van der Waals surface area (Å²) in [5, 5.41) is 3.48.